The molecule has 4 rings (SSSR count). The molecule has 7 nitrogen and oxygen atoms in total. The molecule has 1 aliphatic heterocycles. The number of benzene rings is 1. The number of aromatic nitrogens is 2. The van der Waals surface area contributed by atoms with Crippen molar-refractivity contribution in [3.63, 3.8) is 0 Å². The first-order valence-corrected chi connectivity index (χ1v) is 11.3. The van der Waals surface area contributed by atoms with Crippen LogP contribution in [0.25, 0.3) is 11.4 Å². The summed E-state index contributed by atoms with van der Waals surface area (Å²) in [5, 5.41) is 17.6. The zero-order chi connectivity index (χ0) is 22.8. The second-order valence-corrected chi connectivity index (χ2v) is 9.04. The van der Waals surface area contributed by atoms with Gasteiger partial charge < -0.3 is 14.9 Å². The van der Waals surface area contributed by atoms with E-state index in [0.29, 0.717) is 17.8 Å². The first kappa shape index (κ1) is 22.0. The van der Waals surface area contributed by atoms with E-state index >= 15 is 0 Å². The molecule has 1 aromatic carbocycles. The molecule has 8 heteroatoms. The van der Waals surface area contributed by atoms with Crippen molar-refractivity contribution in [3.05, 3.63) is 75.7 Å². The summed E-state index contributed by atoms with van der Waals surface area (Å²) >= 11 is 1.47. The van der Waals surface area contributed by atoms with E-state index in [4.69, 9.17) is 0 Å². The summed E-state index contributed by atoms with van der Waals surface area (Å²) in [6, 6.07) is 12.8. The van der Waals surface area contributed by atoms with Gasteiger partial charge in [0.2, 0.25) is 0 Å². The fourth-order valence-electron chi connectivity index (χ4n) is 4.03. The van der Waals surface area contributed by atoms with E-state index in [0.717, 1.165) is 23.5 Å². The quantitative estimate of drug-likeness (QED) is 0.338. The van der Waals surface area contributed by atoms with E-state index in [9.17, 15) is 14.7 Å². The fourth-order valence-corrected chi connectivity index (χ4v) is 4.87. The van der Waals surface area contributed by atoms with Crippen LogP contribution in [-0.4, -0.2) is 63.6 Å². The Hall–Kier alpha value is -3.23. The van der Waals surface area contributed by atoms with Gasteiger partial charge in [-0.05, 0) is 57.6 Å². The standard InChI is InChI=1S/C24H26N4O3S/c1-16-18(15-25-28(16)17-9-5-4-6-10-17)22(29)20-21(19-11-7-14-32-19)27(24(31)23(20)30)13-8-12-26(2)3/h4-7,9-11,14-15,21,29H,8,12-13H2,1-3H3/t21-/m0/s1. The number of carbonyl (C=O) groups excluding carboxylic acids is 2. The largest absolute Gasteiger partial charge is 0.507 e. The Balaban J connectivity index is 1.77. The van der Waals surface area contributed by atoms with Gasteiger partial charge >= 0.3 is 0 Å². The van der Waals surface area contributed by atoms with Gasteiger partial charge in [-0.2, -0.15) is 5.10 Å². The van der Waals surface area contributed by atoms with Crippen LogP contribution in [0.1, 0.15) is 28.6 Å². The lowest BCUT2D eigenvalue weighted by Crippen LogP contribution is -2.32. The van der Waals surface area contributed by atoms with E-state index in [1.807, 2.05) is 73.8 Å². The van der Waals surface area contributed by atoms with Crippen LogP contribution in [0.15, 0.2) is 59.6 Å². The zero-order valence-electron chi connectivity index (χ0n) is 18.4. The van der Waals surface area contributed by atoms with E-state index < -0.39 is 17.7 Å². The van der Waals surface area contributed by atoms with Crippen molar-refractivity contribution in [1.29, 1.82) is 0 Å². The lowest BCUT2D eigenvalue weighted by molar-refractivity contribution is -0.139. The number of aliphatic hydroxyl groups excluding tert-OH is 1. The number of Topliss-reactive ketones (excluding diaryl/α,β-unsaturated/α-hetero) is 1. The smallest absolute Gasteiger partial charge is 0.295 e. The Morgan fingerprint density at radius 3 is 2.56 bits per heavy atom. The number of hydrogen-bond donors (Lipinski definition) is 1. The van der Waals surface area contributed by atoms with Crippen LogP contribution in [0.3, 0.4) is 0 Å². The summed E-state index contributed by atoms with van der Waals surface area (Å²) in [5.41, 5.74) is 2.11. The van der Waals surface area contributed by atoms with Gasteiger partial charge in [-0.1, -0.05) is 24.3 Å². The van der Waals surface area contributed by atoms with Crippen molar-refractivity contribution in [3.8, 4) is 5.69 Å². The summed E-state index contributed by atoms with van der Waals surface area (Å²) < 4.78 is 1.71. The molecule has 1 amide bonds. The first-order valence-electron chi connectivity index (χ1n) is 10.5. The molecule has 2 aromatic heterocycles. The van der Waals surface area contributed by atoms with Crippen molar-refractivity contribution in [2.75, 3.05) is 27.2 Å². The number of amides is 1. The molecular weight excluding hydrogens is 424 g/mol. The highest BCUT2D eigenvalue weighted by Crippen LogP contribution is 2.41. The number of para-hydroxylation sites is 1. The van der Waals surface area contributed by atoms with Crippen LogP contribution in [0.4, 0.5) is 0 Å². The van der Waals surface area contributed by atoms with Gasteiger partial charge in [0.25, 0.3) is 11.7 Å². The number of carbonyl (C=O) groups is 2. The Morgan fingerprint density at radius 1 is 1.16 bits per heavy atom. The van der Waals surface area contributed by atoms with E-state index in [-0.39, 0.29) is 11.3 Å². The zero-order valence-corrected chi connectivity index (χ0v) is 19.2. The molecule has 1 atom stereocenters. The topological polar surface area (TPSA) is 78.7 Å². The Labute approximate surface area is 191 Å². The molecule has 1 saturated heterocycles. The average Bonchev–Trinajstić information content (AvgIpc) is 3.49. The van der Waals surface area contributed by atoms with Gasteiger partial charge in [0.05, 0.1) is 34.8 Å². The molecule has 1 fully saturated rings. The minimum atomic E-state index is -0.655. The molecule has 3 heterocycles. The van der Waals surface area contributed by atoms with Crippen LogP contribution in [0.2, 0.25) is 0 Å². The average molecular weight is 451 g/mol. The third-order valence-corrected chi connectivity index (χ3v) is 6.55. The first-order chi connectivity index (χ1) is 15.4. The maximum Gasteiger partial charge on any atom is 0.295 e. The van der Waals surface area contributed by atoms with E-state index in [1.165, 1.54) is 11.3 Å². The van der Waals surface area contributed by atoms with Gasteiger partial charge in [-0.25, -0.2) is 4.68 Å². The molecule has 32 heavy (non-hydrogen) atoms. The highest BCUT2D eigenvalue weighted by Gasteiger charge is 2.46. The van der Waals surface area contributed by atoms with Gasteiger partial charge in [-0.15, -0.1) is 11.3 Å². The maximum absolute atomic E-state index is 13.1. The number of likely N-dealkylation sites (tertiary alicyclic amines) is 1. The molecule has 0 radical (unpaired) electrons. The second kappa shape index (κ2) is 9.10. The highest BCUT2D eigenvalue weighted by atomic mass is 32.1. The predicted octanol–water partition coefficient (Wildman–Crippen LogP) is 3.62. The lowest BCUT2D eigenvalue weighted by Gasteiger charge is -2.24. The lowest BCUT2D eigenvalue weighted by atomic mass is 10.00. The van der Waals surface area contributed by atoms with Gasteiger partial charge in [-0.3, -0.25) is 9.59 Å². The van der Waals surface area contributed by atoms with E-state index in [1.54, 1.807) is 15.8 Å². The number of nitrogens with zero attached hydrogens (tertiary/aromatic N) is 4. The summed E-state index contributed by atoms with van der Waals surface area (Å²) in [6.07, 6.45) is 2.27. The molecule has 166 valence electrons. The number of thiophene rings is 1. The third kappa shape index (κ3) is 3.99. The third-order valence-electron chi connectivity index (χ3n) is 5.62. The van der Waals surface area contributed by atoms with Crippen molar-refractivity contribution in [2.24, 2.45) is 0 Å². The predicted molar refractivity (Wildman–Crippen MR) is 125 cm³/mol. The summed E-state index contributed by atoms with van der Waals surface area (Å²) in [5.74, 6) is -1.41. The van der Waals surface area contributed by atoms with Crippen molar-refractivity contribution in [2.45, 2.75) is 19.4 Å². The van der Waals surface area contributed by atoms with Crippen LogP contribution < -0.4 is 0 Å². The molecule has 1 aliphatic rings. The normalized spacial score (nSPS) is 18.1. The Bertz CT molecular complexity index is 1150. The SMILES string of the molecule is Cc1c(C(O)=C2C(=O)C(=O)N(CCCN(C)C)[C@H]2c2cccs2)cnn1-c1ccccc1. The second-order valence-electron chi connectivity index (χ2n) is 8.06. The minimum absolute atomic E-state index is 0.123. The van der Waals surface area contributed by atoms with Gasteiger partial charge in [0.15, 0.2) is 0 Å². The Morgan fingerprint density at radius 2 is 1.91 bits per heavy atom. The summed E-state index contributed by atoms with van der Waals surface area (Å²) in [4.78, 5) is 30.5. The number of rotatable bonds is 7. The Kier molecular flexibility index (Phi) is 6.25. The van der Waals surface area contributed by atoms with E-state index in [2.05, 4.69) is 5.10 Å². The summed E-state index contributed by atoms with van der Waals surface area (Å²) in [7, 11) is 3.94. The number of hydrogen-bond acceptors (Lipinski definition) is 6. The van der Waals surface area contributed by atoms with Crippen LogP contribution in [0, 0.1) is 6.92 Å². The molecule has 0 bridgehead atoms. The number of ketones is 1. The van der Waals surface area contributed by atoms with Crippen LogP contribution in [0.5, 0.6) is 0 Å². The number of aliphatic hydroxyl groups is 1. The molecule has 0 aliphatic carbocycles. The van der Waals surface area contributed by atoms with Crippen molar-refractivity contribution in [1.82, 2.24) is 19.6 Å². The molecular formula is C24H26N4O3S. The fraction of sp³-hybridized carbons (Fsp3) is 0.292. The molecule has 1 N–H and O–H groups in total. The van der Waals surface area contributed by atoms with Crippen molar-refractivity contribution < 1.29 is 14.7 Å². The van der Waals surface area contributed by atoms with Crippen LogP contribution >= 0.6 is 11.3 Å². The molecule has 0 spiro atoms. The minimum Gasteiger partial charge on any atom is -0.507 e. The monoisotopic (exact) mass is 450 g/mol. The molecule has 0 saturated carbocycles. The maximum atomic E-state index is 13.1. The van der Waals surface area contributed by atoms with Gasteiger partial charge in [0.1, 0.15) is 5.76 Å². The van der Waals surface area contributed by atoms with Gasteiger partial charge in [0, 0.05) is 11.4 Å². The molecule has 0 unspecified atom stereocenters. The van der Waals surface area contributed by atoms with Crippen molar-refractivity contribution >= 4 is 28.8 Å². The highest BCUT2D eigenvalue weighted by molar-refractivity contribution is 7.10. The molecule has 3 aromatic rings. The summed E-state index contributed by atoms with van der Waals surface area (Å²) in [6.45, 7) is 3.07. The van der Waals surface area contributed by atoms with Crippen LogP contribution in [-0.2, 0) is 9.59 Å².